The van der Waals surface area contributed by atoms with E-state index in [0.717, 1.165) is 4.90 Å². The van der Waals surface area contributed by atoms with Crippen LogP contribution in [-0.4, -0.2) is 98.7 Å². The molecule has 2 heterocycles. The van der Waals surface area contributed by atoms with E-state index in [2.05, 4.69) is 10.6 Å². The molecule has 41 heavy (non-hydrogen) atoms. The molecule has 0 aromatic heterocycles. The number of carbonyl (C=O) groups excluding carboxylic acids is 4. The Labute approximate surface area is 239 Å². The number of halogens is 1. The van der Waals surface area contributed by atoms with Gasteiger partial charge in [0.05, 0.1) is 5.69 Å². The largest absolute Gasteiger partial charge is 0.479 e. The van der Waals surface area contributed by atoms with Crippen LogP contribution >= 0.6 is 11.6 Å². The fraction of sp³-hybridized carbons (Fsp3) is 0.500. The zero-order valence-electron chi connectivity index (χ0n) is 21.9. The Bertz CT molecular complexity index is 1160. The zero-order chi connectivity index (χ0) is 30.1. The molecule has 0 unspecified atom stereocenters. The fourth-order valence-corrected chi connectivity index (χ4v) is 4.30. The molecule has 1 aromatic carbocycles. The van der Waals surface area contributed by atoms with Crippen molar-refractivity contribution in [3.8, 4) is 5.75 Å². The number of hydrogen-bond donors (Lipinski definition) is 6. The third-order valence-corrected chi connectivity index (χ3v) is 6.70. The van der Waals surface area contributed by atoms with Crippen molar-refractivity contribution in [2.24, 2.45) is 0 Å². The molecule has 0 saturated carbocycles. The molecular formula is C26H32ClN3O11. The van der Waals surface area contributed by atoms with E-state index in [-0.39, 0.29) is 61.0 Å². The van der Waals surface area contributed by atoms with Gasteiger partial charge in [-0.2, -0.15) is 0 Å². The third-order valence-electron chi connectivity index (χ3n) is 6.39. The van der Waals surface area contributed by atoms with Crippen LogP contribution in [0.15, 0.2) is 30.4 Å². The average Bonchev–Trinajstić information content (AvgIpc) is 3.25. The van der Waals surface area contributed by atoms with Crippen LogP contribution < -0.4 is 15.4 Å². The van der Waals surface area contributed by atoms with Crippen molar-refractivity contribution in [1.29, 1.82) is 0 Å². The molecule has 2 aliphatic heterocycles. The average molecular weight is 598 g/mol. The number of benzene rings is 1. The Morgan fingerprint density at radius 2 is 1.66 bits per heavy atom. The molecule has 1 aromatic rings. The number of nitrogens with zero attached hydrogens (tertiary/aromatic N) is 1. The first-order valence-corrected chi connectivity index (χ1v) is 13.4. The van der Waals surface area contributed by atoms with Crippen LogP contribution in [0.25, 0.3) is 0 Å². The highest BCUT2D eigenvalue weighted by Crippen LogP contribution is 2.31. The van der Waals surface area contributed by atoms with Crippen LogP contribution in [0.1, 0.15) is 37.7 Å². The van der Waals surface area contributed by atoms with E-state index in [0.29, 0.717) is 24.8 Å². The molecule has 14 nitrogen and oxygen atoms in total. The predicted octanol–water partition coefficient (Wildman–Crippen LogP) is -0.373. The number of imide groups is 1. The lowest BCUT2D eigenvalue weighted by atomic mass is 9.99. The summed E-state index contributed by atoms with van der Waals surface area (Å²) in [6.07, 6.45) is -4.81. The summed E-state index contributed by atoms with van der Waals surface area (Å²) in [5.41, 5.74) is 0.717. The summed E-state index contributed by atoms with van der Waals surface area (Å²) in [5, 5.41) is 44.6. The van der Waals surface area contributed by atoms with Gasteiger partial charge in [0.2, 0.25) is 18.1 Å². The van der Waals surface area contributed by atoms with Crippen molar-refractivity contribution in [3.05, 3.63) is 35.9 Å². The minimum atomic E-state index is -1.89. The Morgan fingerprint density at radius 1 is 0.951 bits per heavy atom. The third kappa shape index (κ3) is 8.71. The standard InChI is InChI=1S/C26H32ClN3O11/c27-13-14-5-6-16(40-26-23(37)21(35)22(36)24(41-26)25(38)39)15(12-14)29-18(32)9-10-28-17(31)4-2-1-3-11-30-19(33)7-8-20(30)34/h5-8,12,21-24,26,35-37H,1-4,9-11,13H2,(H,28,31)(H,29,32)(H,38,39)/t21-,22-,23+,24-,26+/m0/s1. The summed E-state index contributed by atoms with van der Waals surface area (Å²) in [4.78, 5) is 60.2. The van der Waals surface area contributed by atoms with Gasteiger partial charge in [-0.05, 0) is 30.5 Å². The topological polar surface area (TPSA) is 212 Å². The number of alkyl halides is 1. The summed E-state index contributed by atoms with van der Waals surface area (Å²) in [6.45, 7) is 0.324. The number of carboxylic acids is 1. The maximum absolute atomic E-state index is 12.6. The van der Waals surface area contributed by atoms with Crippen molar-refractivity contribution >= 4 is 46.9 Å². The second kappa shape index (κ2) is 14.9. The second-order valence-electron chi connectivity index (χ2n) is 9.44. The zero-order valence-corrected chi connectivity index (χ0v) is 22.7. The lowest BCUT2D eigenvalue weighted by Gasteiger charge is -2.38. The number of nitrogens with one attached hydrogen (secondary N) is 2. The van der Waals surface area contributed by atoms with Crippen molar-refractivity contribution in [2.45, 2.75) is 68.7 Å². The fourth-order valence-electron chi connectivity index (χ4n) is 4.14. The lowest BCUT2D eigenvalue weighted by Crippen LogP contribution is -2.61. The number of amides is 4. The molecule has 4 amide bonds. The number of unbranched alkanes of at least 4 members (excludes halogenated alkanes) is 2. The van der Waals surface area contributed by atoms with E-state index in [4.69, 9.17) is 21.1 Å². The molecule has 1 saturated heterocycles. The molecule has 0 bridgehead atoms. The Kier molecular flexibility index (Phi) is 11.6. The van der Waals surface area contributed by atoms with Gasteiger partial charge in [0.15, 0.2) is 6.10 Å². The minimum absolute atomic E-state index is 0.0267. The highest BCUT2D eigenvalue weighted by atomic mass is 35.5. The van der Waals surface area contributed by atoms with E-state index in [1.54, 1.807) is 6.07 Å². The van der Waals surface area contributed by atoms with Gasteiger partial charge in [0.1, 0.15) is 24.1 Å². The van der Waals surface area contributed by atoms with Crippen molar-refractivity contribution in [3.63, 3.8) is 0 Å². The number of rotatable bonds is 14. The highest BCUT2D eigenvalue weighted by Gasteiger charge is 2.48. The van der Waals surface area contributed by atoms with Gasteiger partial charge in [-0.25, -0.2) is 4.79 Å². The number of carboxylic acid groups (broad SMARTS) is 1. The number of carbonyl (C=O) groups is 5. The normalized spacial score (nSPS) is 23.9. The van der Waals surface area contributed by atoms with Crippen LogP contribution in [0.4, 0.5) is 5.69 Å². The van der Waals surface area contributed by atoms with Gasteiger partial charge in [-0.1, -0.05) is 12.5 Å². The highest BCUT2D eigenvalue weighted by molar-refractivity contribution is 6.17. The van der Waals surface area contributed by atoms with Gasteiger partial charge in [-0.15, -0.1) is 11.6 Å². The molecule has 2 aliphatic rings. The Hall–Kier alpha value is -3.56. The van der Waals surface area contributed by atoms with Gasteiger partial charge >= 0.3 is 5.97 Å². The van der Waals surface area contributed by atoms with Crippen molar-refractivity contribution < 1.29 is 53.9 Å². The number of hydrogen-bond acceptors (Lipinski definition) is 10. The number of aliphatic hydroxyl groups is 3. The number of anilines is 1. The van der Waals surface area contributed by atoms with Crippen molar-refractivity contribution in [1.82, 2.24) is 10.2 Å². The molecule has 6 N–H and O–H groups in total. The molecule has 0 radical (unpaired) electrons. The first-order valence-electron chi connectivity index (χ1n) is 12.9. The van der Waals surface area contributed by atoms with Gasteiger partial charge in [0.25, 0.3) is 11.8 Å². The number of ether oxygens (including phenoxy) is 2. The number of aliphatic hydroxyl groups excluding tert-OH is 3. The summed E-state index contributed by atoms with van der Waals surface area (Å²) < 4.78 is 10.7. The lowest BCUT2D eigenvalue weighted by molar-refractivity contribution is -0.271. The van der Waals surface area contributed by atoms with Crippen LogP contribution in [0.2, 0.25) is 0 Å². The maximum atomic E-state index is 12.6. The minimum Gasteiger partial charge on any atom is -0.479 e. The van der Waals surface area contributed by atoms with E-state index in [1.165, 1.54) is 24.3 Å². The molecule has 15 heteroatoms. The molecule has 3 rings (SSSR count). The predicted molar refractivity (Wildman–Crippen MR) is 142 cm³/mol. The Morgan fingerprint density at radius 3 is 2.32 bits per heavy atom. The molecule has 1 fully saturated rings. The number of aliphatic carboxylic acids is 1. The van der Waals surface area contributed by atoms with Crippen LogP contribution in [0.3, 0.4) is 0 Å². The van der Waals surface area contributed by atoms with Crippen LogP contribution in [0.5, 0.6) is 5.75 Å². The molecular weight excluding hydrogens is 566 g/mol. The van der Waals surface area contributed by atoms with Gasteiger partial charge < -0.3 is 40.5 Å². The first-order chi connectivity index (χ1) is 19.5. The van der Waals surface area contributed by atoms with Gasteiger partial charge in [-0.3, -0.25) is 24.1 Å². The van der Waals surface area contributed by atoms with Crippen LogP contribution in [-0.2, 0) is 34.6 Å². The van der Waals surface area contributed by atoms with Gasteiger partial charge in [0, 0.05) is 44.0 Å². The van der Waals surface area contributed by atoms with Crippen LogP contribution in [0, 0.1) is 0 Å². The SMILES string of the molecule is O=C(CCCCCN1C(=O)C=CC1=O)NCCC(=O)Nc1cc(CCl)ccc1O[C@@H]1O[C@H](C(=O)O)[C@@H](O)[C@H](O)[C@H]1O. The summed E-state index contributed by atoms with van der Waals surface area (Å²) in [5.74, 6) is -2.96. The second-order valence-corrected chi connectivity index (χ2v) is 9.70. The monoisotopic (exact) mass is 597 g/mol. The molecule has 224 valence electrons. The quantitative estimate of drug-likeness (QED) is 0.0924. The first kappa shape index (κ1) is 32.0. The molecule has 0 spiro atoms. The van der Waals surface area contributed by atoms with E-state index in [9.17, 15) is 44.4 Å². The van der Waals surface area contributed by atoms with Crippen molar-refractivity contribution in [2.75, 3.05) is 18.4 Å². The maximum Gasteiger partial charge on any atom is 0.335 e. The smallest absolute Gasteiger partial charge is 0.335 e. The molecule has 0 aliphatic carbocycles. The van der Waals surface area contributed by atoms with E-state index in [1.807, 2.05) is 0 Å². The van der Waals surface area contributed by atoms with E-state index >= 15 is 0 Å². The summed E-state index contributed by atoms with van der Waals surface area (Å²) >= 11 is 5.89. The molecule has 5 atom stereocenters. The van der Waals surface area contributed by atoms with E-state index < -0.39 is 42.6 Å². The summed E-state index contributed by atoms with van der Waals surface area (Å²) in [7, 11) is 0. The summed E-state index contributed by atoms with van der Waals surface area (Å²) in [6, 6.07) is 4.46. The Balaban J connectivity index is 1.46.